The zero-order chi connectivity index (χ0) is 16.5. The van der Waals surface area contributed by atoms with Crippen molar-refractivity contribution in [3.63, 3.8) is 0 Å². The molecule has 10 nitrogen and oxygen atoms in total. The van der Waals surface area contributed by atoms with Gasteiger partial charge < -0.3 is 31.6 Å². The smallest absolute Gasteiger partial charge is 0.665 e. The standard InChI is InChI=1S/2C6H8N3O2.Ni/c2*7-5(6(10)11)1-4-2-8-3-9-4;/h2*2-3,5,7H,1H2,(H,8,9)(H,10,11);/q2*-1;+2/t2*5-;/m00./s1. The zero-order valence-electron chi connectivity index (χ0n) is 11.8. The number of nitrogens with one attached hydrogen (secondary N) is 4. The van der Waals surface area contributed by atoms with Crippen molar-refractivity contribution in [3.8, 4) is 0 Å². The first-order valence-electron chi connectivity index (χ1n) is 6.22. The van der Waals surface area contributed by atoms with Crippen molar-refractivity contribution in [2.75, 3.05) is 0 Å². The number of aromatic nitrogens is 4. The van der Waals surface area contributed by atoms with Crippen LogP contribution >= 0.6 is 0 Å². The van der Waals surface area contributed by atoms with Gasteiger partial charge in [-0.3, -0.25) is 9.59 Å². The summed E-state index contributed by atoms with van der Waals surface area (Å²) in [6.07, 6.45) is 6.31. The molecule has 2 atom stereocenters. The van der Waals surface area contributed by atoms with Crippen molar-refractivity contribution in [2.45, 2.75) is 24.9 Å². The van der Waals surface area contributed by atoms with E-state index in [0.29, 0.717) is 11.4 Å². The van der Waals surface area contributed by atoms with E-state index in [2.05, 4.69) is 19.9 Å². The first kappa shape index (κ1) is 20.8. The van der Waals surface area contributed by atoms with Crippen molar-refractivity contribution in [1.82, 2.24) is 19.9 Å². The van der Waals surface area contributed by atoms with E-state index in [1.165, 1.54) is 25.0 Å². The SMILES string of the molecule is [NH-][C@@H](Cc1cnc[nH]1)C(=O)O.[NH-][C@@H](Cc1cnc[nH]1)C(=O)O.[Ni+2]. The molecule has 0 spiro atoms. The van der Waals surface area contributed by atoms with E-state index in [-0.39, 0.29) is 29.3 Å². The van der Waals surface area contributed by atoms with Gasteiger partial charge in [0.1, 0.15) is 0 Å². The van der Waals surface area contributed by atoms with Crippen molar-refractivity contribution < 1.29 is 36.3 Å². The van der Waals surface area contributed by atoms with E-state index in [1.807, 2.05) is 0 Å². The summed E-state index contributed by atoms with van der Waals surface area (Å²) in [5.74, 6) is -2.22. The van der Waals surface area contributed by atoms with E-state index >= 15 is 0 Å². The Bertz CT molecular complexity index is 522. The van der Waals surface area contributed by atoms with Gasteiger partial charge in [-0.2, -0.15) is 0 Å². The second-order valence-electron chi connectivity index (χ2n) is 4.34. The van der Waals surface area contributed by atoms with Gasteiger partial charge >= 0.3 is 16.5 Å². The molecule has 0 aliphatic carbocycles. The van der Waals surface area contributed by atoms with Gasteiger partial charge in [0.15, 0.2) is 0 Å². The van der Waals surface area contributed by atoms with E-state index in [4.69, 9.17) is 21.7 Å². The molecule has 0 bridgehead atoms. The normalized spacial score (nSPS) is 12.3. The van der Waals surface area contributed by atoms with Gasteiger partial charge in [-0.15, -0.1) is 0 Å². The van der Waals surface area contributed by atoms with Crippen molar-refractivity contribution in [1.29, 1.82) is 0 Å². The second kappa shape index (κ2) is 10.5. The van der Waals surface area contributed by atoms with Crippen molar-refractivity contribution in [2.24, 2.45) is 0 Å². The monoisotopic (exact) mass is 366 g/mol. The molecule has 2 aromatic rings. The fourth-order valence-electron chi connectivity index (χ4n) is 1.41. The van der Waals surface area contributed by atoms with Gasteiger partial charge in [-0.05, 0) is 24.9 Å². The van der Waals surface area contributed by atoms with Gasteiger partial charge in [-0.25, -0.2) is 9.97 Å². The predicted molar refractivity (Wildman–Crippen MR) is 76.1 cm³/mol. The molecule has 0 saturated carbocycles. The second-order valence-corrected chi connectivity index (χ2v) is 4.34. The Kier molecular flexibility index (Phi) is 9.48. The molecule has 0 saturated heterocycles. The molecule has 2 heterocycles. The number of aliphatic carboxylic acids is 2. The number of hydrogen-bond donors (Lipinski definition) is 4. The van der Waals surface area contributed by atoms with Crippen LogP contribution in [-0.4, -0.2) is 54.2 Å². The van der Waals surface area contributed by atoms with E-state index in [0.717, 1.165) is 0 Å². The first-order valence-corrected chi connectivity index (χ1v) is 6.22. The molecule has 0 aliphatic rings. The summed E-state index contributed by atoms with van der Waals surface area (Å²) in [5.41, 5.74) is 15.5. The molecule has 2 rings (SSSR count). The fraction of sp³-hybridized carbons (Fsp3) is 0.333. The molecule has 2 aromatic heterocycles. The van der Waals surface area contributed by atoms with Gasteiger partial charge in [0.05, 0.1) is 12.7 Å². The Morgan fingerprint density at radius 1 is 0.957 bits per heavy atom. The van der Waals surface area contributed by atoms with Gasteiger partial charge in [0.25, 0.3) is 11.9 Å². The number of H-pyrrole nitrogens is 2. The van der Waals surface area contributed by atoms with Crippen LogP contribution in [0.2, 0.25) is 0 Å². The molecule has 0 aliphatic heterocycles. The third kappa shape index (κ3) is 8.10. The summed E-state index contributed by atoms with van der Waals surface area (Å²) in [6.45, 7) is 0. The summed E-state index contributed by atoms with van der Waals surface area (Å²) in [7, 11) is 0. The van der Waals surface area contributed by atoms with E-state index in [1.54, 1.807) is 0 Å². The van der Waals surface area contributed by atoms with Gasteiger partial charge in [0.2, 0.25) is 0 Å². The molecular weight excluding hydrogens is 351 g/mol. The Morgan fingerprint density at radius 3 is 1.52 bits per heavy atom. The molecule has 11 heteroatoms. The van der Waals surface area contributed by atoms with Crippen LogP contribution < -0.4 is 0 Å². The van der Waals surface area contributed by atoms with E-state index < -0.39 is 24.0 Å². The molecule has 23 heavy (non-hydrogen) atoms. The van der Waals surface area contributed by atoms with Gasteiger partial charge in [-0.1, -0.05) is 0 Å². The number of carbonyl (C=O) groups is 2. The molecule has 0 fully saturated rings. The summed E-state index contributed by atoms with van der Waals surface area (Å²) in [4.78, 5) is 33.3. The fourth-order valence-corrected chi connectivity index (χ4v) is 1.41. The maximum Gasteiger partial charge on any atom is 2.00 e. The zero-order valence-corrected chi connectivity index (χ0v) is 12.8. The maximum absolute atomic E-state index is 10.2. The Morgan fingerprint density at radius 2 is 1.30 bits per heavy atom. The molecule has 0 unspecified atom stereocenters. The van der Waals surface area contributed by atoms with Crippen LogP contribution in [0.5, 0.6) is 0 Å². The number of aromatic amines is 2. The van der Waals surface area contributed by atoms with E-state index in [9.17, 15) is 9.59 Å². The number of hydrogen-bond acceptors (Lipinski definition) is 4. The molecular formula is C12H16N6NiO4. The van der Waals surface area contributed by atoms with Crippen LogP contribution in [-0.2, 0) is 38.9 Å². The minimum absolute atomic E-state index is 0. The van der Waals surface area contributed by atoms with Crippen LogP contribution in [0, 0.1) is 0 Å². The average Bonchev–Trinajstić information content (AvgIpc) is 3.12. The van der Waals surface area contributed by atoms with Crippen LogP contribution in [0.25, 0.3) is 11.5 Å². The Hall–Kier alpha value is -2.23. The minimum Gasteiger partial charge on any atom is -0.665 e. The number of nitrogens with zero attached hydrogens (tertiary/aromatic N) is 2. The van der Waals surface area contributed by atoms with Crippen LogP contribution in [0.1, 0.15) is 11.4 Å². The third-order valence-corrected chi connectivity index (χ3v) is 2.55. The number of rotatable bonds is 6. The summed E-state index contributed by atoms with van der Waals surface area (Å²) in [6, 6.07) is -2.20. The molecule has 0 radical (unpaired) electrons. The topological polar surface area (TPSA) is 180 Å². The van der Waals surface area contributed by atoms with Crippen molar-refractivity contribution >= 4 is 11.9 Å². The third-order valence-electron chi connectivity index (χ3n) is 2.55. The molecule has 0 aromatic carbocycles. The molecule has 6 N–H and O–H groups in total. The molecule has 128 valence electrons. The first-order chi connectivity index (χ1) is 10.4. The minimum atomic E-state index is -1.11. The Labute approximate surface area is 141 Å². The average molecular weight is 367 g/mol. The summed E-state index contributed by atoms with van der Waals surface area (Å²) < 4.78 is 0. The number of imidazole rings is 2. The number of carboxylic acid groups (broad SMARTS) is 2. The van der Waals surface area contributed by atoms with Gasteiger partial charge in [0, 0.05) is 23.8 Å². The summed E-state index contributed by atoms with van der Waals surface area (Å²) in [5, 5.41) is 16.7. The predicted octanol–water partition coefficient (Wildman–Crippen LogP) is 0.913. The number of carboxylic acids is 2. The largest absolute Gasteiger partial charge is 2.00 e. The Balaban J connectivity index is 0.000000403. The van der Waals surface area contributed by atoms with Crippen LogP contribution in [0.4, 0.5) is 0 Å². The maximum atomic E-state index is 10.2. The van der Waals surface area contributed by atoms with Crippen LogP contribution in [0.3, 0.4) is 0 Å². The summed E-state index contributed by atoms with van der Waals surface area (Å²) >= 11 is 0. The molecule has 0 amide bonds. The van der Waals surface area contributed by atoms with Crippen LogP contribution in [0.15, 0.2) is 25.0 Å². The quantitative estimate of drug-likeness (QED) is 0.551. The van der Waals surface area contributed by atoms with Crippen molar-refractivity contribution in [3.05, 3.63) is 47.9 Å².